The zero-order valence-corrected chi connectivity index (χ0v) is 13.5. The van der Waals surface area contributed by atoms with Crippen LogP contribution in [0, 0.1) is 0 Å². The summed E-state index contributed by atoms with van der Waals surface area (Å²) in [5, 5.41) is 3.65. The lowest BCUT2D eigenvalue weighted by atomic mass is 10.2. The number of carbonyl (C=O) groups excluding carboxylic acids is 1. The van der Waals surface area contributed by atoms with Gasteiger partial charge in [0.25, 0.3) is 0 Å². The number of rotatable bonds is 5. The second-order valence-corrected chi connectivity index (χ2v) is 5.36. The molecule has 0 aliphatic carbocycles. The van der Waals surface area contributed by atoms with Crippen LogP contribution in [0.25, 0.3) is 6.08 Å². The van der Waals surface area contributed by atoms with Crippen molar-refractivity contribution in [3.05, 3.63) is 64.1 Å². The first-order valence-electron chi connectivity index (χ1n) is 6.75. The molecule has 1 N–H and O–H groups in total. The third-order valence-corrected chi connectivity index (χ3v) is 3.18. The fourth-order valence-electron chi connectivity index (χ4n) is 1.82. The van der Waals surface area contributed by atoms with E-state index in [0.717, 1.165) is 11.3 Å². The molecule has 2 aromatic rings. The molecule has 0 fully saturated rings. The number of carbonyl (C=O) groups is 1. The molecule has 1 amide bonds. The third kappa shape index (κ3) is 5.10. The highest BCUT2D eigenvalue weighted by molar-refractivity contribution is 6.35. The summed E-state index contributed by atoms with van der Waals surface area (Å²) < 4.78 is 5.36. The topological polar surface area (TPSA) is 38.3 Å². The Hall–Kier alpha value is -1.97. The molecule has 0 heterocycles. The quantitative estimate of drug-likeness (QED) is 0.777. The molecule has 0 aliphatic rings. The molecule has 0 saturated carbocycles. The summed E-state index contributed by atoms with van der Waals surface area (Å²) >= 11 is 11.8. The molecule has 114 valence electrons. The van der Waals surface area contributed by atoms with E-state index in [9.17, 15) is 4.79 Å². The lowest BCUT2D eigenvalue weighted by molar-refractivity contribution is -0.111. The van der Waals surface area contributed by atoms with E-state index < -0.39 is 0 Å². The number of halogens is 2. The Kier molecular flexibility index (Phi) is 5.87. The molecular formula is C17H15Cl2NO2. The summed E-state index contributed by atoms with van der Waals surface area (Å²) in [5.41, 5.74) is 1.46. The van der Waals surface area contributed by atoms with Crippen LogP contribution in [0.2, 0.25) is 10.0 Å². The summed E-state index contributed by atoms with van der Waals surface area (Å²) in [6, 6.07) is 12.4. The molecule has 0 aliphatic heterocycles. The molecule has 0 spiro atoms. The zero-order chi connectivity index (χ0) is 15.9. The van der Waals surface area contributed by atoms with Crippen molar-refractivity contribution in [1.82, 2.24) is 0 Å². The van der Waals surface area contributed by atoms with E-state index in [1.807, 2.05) is 31.2 Å². The maximum Gasteiger partial charge on any atom is 0.248 e. The van der Waals surface area contributed by atoms with Crippen molar-refractivity contribution in [2.45, 2.75) is 6.92 Å². The number of benzene rings is 2. The van der Waals surface area contributed by atoms with Gasteiger partial charge in [0, 0.05) is 21.8 Å². The molecule has 5 heteroatoms. The number of hydrogen-bond acceptors (Lipinski definition) is 2. The maximum atomic E-state index is 11.9. The van der Waals surface area contributed by atoms with E-state index in [1.165, 1.54) is 6.08 Å². The van der Waals surface area contributed by atoms with Crippen LogP contribution in [-0.4, -0.2) is 12.5 Å². The van der Waals surface area contributed by atoms with Crippen molar-refractivity contribution in [2.75, 3.05) is 11.9 Å². The smallest absolute Gasteiger partial charge is 0.248 e. The number of anilines is 1. The van der Waals surface area contributed by atoms with E-state index >= 15 is 0 Å². The first-order valence-corrected chi connectivity index (χ1v) is 7.50. The van der Waals surface area contributed by atoms with Gasteiger partial charge in [0.2, 0.25) is 5.91 Å². The Morgan fingerprint density at radius 2 is 1.77 bits per heavy atom. The van der Waals surface area contributed by atoms with Gasteiger partial charge in [-0.25, -0.2) is 0 Å². The second-order valence-electron chi connectivity index (χ2n) is 4.48. The average Bonchev–Trinajstić information content (AvgIpc) is 2.46. The molecule has 0 bridgehead atoms. The molecule has 22 heavy (non-hydrogen) atoms. The van der Waals surface area contributed by atoms with Crippen molar-refractivity contribution in [3.8, 4) is 5.75 Å². The first kappa shape index (κ1) is 16.4. The summed E-state index contributed by atoms with van der Waals surface area (Å²) in [4.78, 5) is 11.9. The fourth-order valence-corrected chi connectivity index (χ4v) is 2.35. The fraction of sp³-hybridized carbons (Fsp3) is 0.118. The summed E-state index contributed by atoms with van der Waals surface area (Å²) in [6.07, 6.45) is 3.17. The Labute approximate surface area is 139 Å². The average molecular weight is 336 g/mol. The largest absolute Gasteiger partial charge is 0.494 e. The van der Waals surface area contributed by atoms with E-state index in [2.05, 4.69) is 5.32 Å². The SMILES string of the molecule is CCOc1ccc(/C=C/C(=O)Nc2cc(Cl)cc(Cl)c2)cc1. The second kappa shape index (κ2) is 7.87. The molecule has 0 aromatic heterocycles. The van der Waals surface area contributed by atoms with Gasteiger partial charge in [-0.15, -0.1) is 0 Å². The number of hydrogen-bond donors (Lipinski definition) is 1. The molecular weight excluding hydrogens is 321 g/mol. The van der Waals surface area contributed by atoms with E-state index in [4.69, 9.17) is 27.9 Å². The molecule has 0 unspecified atom stereocenters. The minimum atomic E-state index is -0.257. The lowest BCUT2D eigenvalue weighted by Gasteiger charge is -2.04. The lowest BCUT2D eigenvalue weighted by Crippen LogP contribution is -2.07. The van der Waals surface area contributed by atoms with Gasteiger partial charge in [0.05, 0.1) is 6.61 Å². The number of ether oxygens (including phenoxy) is 1. The van der Waals surface area contributed by atoms with Crippen LogP contribution in [0.15, 0.2) is 48.5 Å². The van der Waals surface area contributed by atoms with Gasteiger partial charge in [-0.1, -0.05) is 35.3 Å². The van der Waals surface area contributed by atoms with Gasteiger partial charge in [-0.05, 0) is 48.9 Å². The van der Waals surface area contributed by atoms with E-state index in [1.54, 1.807) is 24.3 Å². The van der Waals surface area contributed by atoms with E-state index in [-0.39, 0.29) is 5.91 Å². The van der Waals surface area contributed by atoms with Crippen molar-refractivity contribution < 1.29 is 9.53 Å². The van der Waals surface area contributed by atoms with Gasteiger partial charge in [0.1, 0.15) is 5.75 Å². The van der Waals surface area contributed by atoms with Crippen LogP contribution in [0.4, 0.5) is 5.69 Å². The highest BCUT2D eigenvalue weighted by Gasteiger charge is 2.01. The monoisotopic (exact) mass is 335 g/mol. The number of nitrogens with one attached hydrogen (secondary N) is 1. The van der Waals surface area contributed by atoms with Gasteiger partial charge < -0.3 is 10.1 Å². The highest BCUT2D eigenvalue weighted by atomic mass is 35.5. The first-order chi connectivity index (χ1) is 10.6. The third-order valence-electron chi connectivity index (χ3n) is 2.75. The Bertz CT molecular complexity index is 661. The van der Waals surface area contributed by atoms with Crippen LogP contribution in [0.1, 0.15) is 12.5 Å². The van der Waals surface area contributed by atoms with Crippen LogP contribution >= 0.6 is 23.2 Å². The predicted octanol–water partition coefficient (Wildman–Crippen LogP) is 5.04. The van der Waals surface area contributed by atoms with Crippen molar-refractivity contribution in [2.24, 2.45) is 0 Å². The zero-order valence-electron chi connectivity index (χ0n) is 12.0. The van der Waals surface area contributed by atoms with Crippen LogP contribution < -0.4 is 10.1 Å². The van der Waals surface area contributed by atoms with Crippen LogP contribution in [0.3, 0.4) is 0 Å². The predicted molar refractivity (Wildman–Crippen MR) is 91.7 cm³/mol. The molecule has 3 nitrogen and oxygen atoms in total. The van der Waals surface area contributed by atoms with Crippen molar-refractivity contribution in [3.63, 3.8) is 0 Å². The van der Waals surface area contributed by atoms with Gasteiger partial charge >= 0.3 is 0 Å². The Balaban J connectivity index is 1.98. The van der Waals surface area contributed by atoms with Crippen molar-refractivity contribution >= 4 is 40.9 Å². The molecule has 2 aromatic carbocycles. The minimum absolute atomic E-state index is 0.257. The normalized spacial score (nSPS) is 10.7. The minimum Gasteiger partial charge on any atom is -0.494 e. The standard InChI is InChI=1S/C17H15Cl2NO2/c1-2-22-16-6-3-12(4-7-16)5-8-17(21)20-15-10-13(18)9-14(19)11-15/h3-11H,2H2,1H3,(H,20,21)/b8-5+. The summed E-state index contributed by atoms with van der Waals surface area (Å²) in [7, 11) is 0. The molecule has 2 rings (SSSR count). The van der Waals surface area contributed by atoms with E-state index in [0.29, 0.717) is 22.3 Å². The highest BCUT2D eigenvalue weighted by Crippen LogP contribution is 2.22. The van der Waals surface area contributed by atoms with Crippen molar-refractivity contribution in [1.29, 1.82) is 0 Å². The van der Waals surface area contributed by atoms with Gasteiger partial charge in [-0.3, -0.25) is 4.79 Å². The van der Waals surface area contributed by atoms with Crippen LogP contribution in [-0.2, 0) is 4.79 Å². The molecule has 0 radical (unpaired) electrons. The van der Waals surface area contributed by atoms with Crippen LogP contribution in [0.5, 0.6) is 5.75 Å². The Morgan fingerprint density at radius 3 is 2.36 bits per heavy atom. The summed E-state index contributed by atoms with van der Waals surface area (Å²) in [5.74, 6) is 0.546. The number of amides is 1. The summed E-state index contributed by atoms with van der Waals surface area (Å²) in [6.45, 7) is 2.56. The molecule has 0 saturated heterocycles. The Morgan fingerprint density at radius 1 is 1.14 bits per heavy atom. The maximum absolute atomic E-state index is 11.9. The van der Waals surface area contributed by atoms with Gasteiger partial charge in [-0.2, -0.15) is 0 Å². The molecule has 0 atom stereocenters. The van der Waals surface area contributed by atoms with Gasteiger partial charge in [0.15, 0.2) is 0 Å².